The molecular formula is C25H19N5O2. The Morgan fingerprint density at radius 2 is 1.47 bits per heavy atom. The fourth-order valence-electron chi connectivity index (χ4n) is 3.12. The maximum atomic E-state index is 12.4. The Balaban J connectivity index is 1.45. The normalized spacial score (nSPS) is 10.2. The lowest BCUT2D eigenvalue weighted by molar-refractivity contribution is 0.101. The molecule has 2 N–H and O–H groups in total. The molecule has 4 rings (SSSR count). The minimum Gasteiger partial charge on any atom is -0.322 e. The second-order valence-electron chi connectivity index (χ2n) is 7.05. The van der Waals surface area contributed by atoms with Crippen LogP contribution in [-0.2, 0) is 7.05 Å². The molecule has 7 nitrogen and oxygen atoms in total. The quantitative estimate of drug-likeness (QED) is 0.438. The maximum Gasteiger partial charge on any atom is 0.256 e. The molecule has 0 aliphatic carbocycles. The number of anilines is 2. The van der Waals surface area contributed by atoms with Crippen molar-refractivity contribution in [2.45, 2.75) is 0 Å². The summed E-state index contributed by atoms with van der Waals surface area (Å²) in [6.07, 6.45) is 0. The fraction of sp³-hybridized carbons (Fsp3) is 0.0400. The van der Waals surface area contributed by atoms with Crippen molar-refractivity contribution < 1.29 is 9.59 Å². The number of nitrogens with zero attached hydrogens (tertiary/aromatic N) is 3. The third-order valence-corrected chi connectivity index (χ3v) is 4.85. The number of nitrogens with one attached hydrogen (secondary N) is 2. The van der Waals surface area contributed by atoms with Gasteiger partial charge >= 0.3 is 0 Å². The summed E-state index contributed by atoms with van der Waals surface area (Å²) in [5.74, 6) is 0.120. The summed E-state index contributed by atoms with van der Waals surface area (Å²) in [4.78, 5) is 28.1. The van der Waals surface area contributed by atoms with Gasteiger partial charge in [0.05, 0.1) is 12.3 Å². The SMILES string of the molecule is [C-]#[N+]c1ccc(C(=O)Nc2ccc(-c3cc(NC(=O)c4ccccc4)n(C)n3)cc2)cc1. The monoisotopic (exact) mass is 421 g/mol. The molecule has 4 aromatic rings. The van der Waals surface area contributed by atoms with Gasteiger partial charge in [-0.1, -0.05) is 54.6 Å². The second kappa shape index (κ2) is 8.98. The molecule has 0 fully saturated rings. The van der Waals surface area contributed by atoms with E-state index in [2.05, 4.69) is 20.6 Å². The van der Waals surface area contributed by atoms with Crippen LogP contribution in [0.3, 0.4) is 0 Å². The van der Waals surface area contributed by atoms with E-state index in [1.807, 2.05) is 30.3 Å². The zero-order valence-corrected chi connectivity index (χ0v) is 17.2. The van der Waals surface area contributed by atoms with Gasteiger partial charge in [-0.15, -0.1) is 0 Å². The smallest absolute Gasteiger partial charge is 0.256 e. The Kier molecular flexibility index (Phi) is 5.77. The van der Waals surface area contributed by atoms with E-state index in [0.717, 1.165) is 5.56 Å². The highest BCUT2D eigenvalue weighted by Gasteiger charge is 2.12. The van der Waals surface area contributed by atoms with Crippen LogP contribution < -0.4 is 10.6 Å². The highest BCUT2D eigenvalue weighted by molar-refractivity contribution is 6.05. The molecule has 0 aliphatic rings. The van der Waals surface area contributed by atoms with E-state index in [0.29, 0.717) is 34.0 Å². The van der Waals surface area contributed by atoms with Crippen LogP contribution in [0.4, 0.5) is 17.2 Å². The van der Waals surface area contributed by atoms with Crippen LogP contribution in [0.5, 0.6) is 0 Å². The maximum absolute atomic E-state index is 12.4. The van der Waals surface area contributed by atoms with Gasteiger partial charge in [0.1, 0.15) is 5.82 Å². The van der Waals surface area contributed by atoms with Gasteiger partial charge < -0.3 is 10.6 Å². The topological polar surface area (TPSA) is 80.4 Å². The standard InChI is InChI=1S/C25H19N5O2/c1-26-20-12-10-19(11-13-20)24(31)27-21-14-8-17(9-15-21)22-16-23(30(2)29-22)28-25(32)18-6-4-3-5-7-18/h3-16H,2H3,(H,27,31)(H,28,32). The molecule has 0 saturated heterocycles. The van der Waals surface area contributed by atoms with Gasteiger partial charge in [-0.3, -0.25) is 14.3 Å². The first-order valence-corrected chi connectivity index (χ1v) is 9.83. The third-order valence-electron chi connectivity index (χ3n) is 4.85. The molecule has 0 aliphatic heterocycles. The number of amides is 2. The molecule has 1 aromatic heterocycles. The lowest BCUT2D eigenvalue weighted by Gasteiger charge is -2.06. The first-order chi connectivity index (χ1) is 15.5. The summed E-state index contributed by atoms with van der Waals surface area (Å²) >= 11 is 0. The van der Waals surface area contributed by atoms with Crippen LogP contribution >= 0.6 is 0 Å². The van der Waals surface area contributed by atoms with Gasteiger partial charge in [-0.2, -0.15) is 5.10 Å². The molecule has 0 unspecified atom stereocenters. The van der Waals surface area contributed by atoms with Crippen LogP contribution in [0, 0.1) is 6.57 Å². The van der Waals surface area contributed by atoms with E-state index in [1.165, 1.54) is 0 Å². The van der Waals surface area contributed by atoms with Crippen molar-refractivity contribution >= 4 is 29.0 Å². The Morgan fingerprint density at radius 3 is 2.12 bits per heavy atom. The Hall–Kier alpha value is -4.70. The van der Waals surface area contributed by atoms with Gasteiger partial charge in [0.2, 0.25) is 0 Å². The number of carbonyl (C=O) groups excluding carboxylic acids is 2. The molecule has 2 amide bonds. The van der Waals surface area contributed by atoms with E-state index < -0.39 is 0 Å². The molecule has 32 heavy (non-hydrogen) atoms. The summed E-state index contributed by atoms with van der Waals surface area (Å²) < 4.78 is 1.61. The van der Waals surface area contributed by atoms with Gasteiger partial charge in [0, 0.05) is 35.5 Å². The summed E-state index contributed by atoms with van der Waals surface area (Å²) in [6.45, 7) is 6.98. The van der Waals surface area contributed by atoms with Gasteiger partial charge in [-0.25, -0.2) is 4.85 Å². The molecule has 1 heterocycles. The van der Waals surface area contributed by atoms with Crippen molar-refractivity contribution in [2.24, 2.45) is 7.05 Å². The number of hydrogen-bond acceptors (Lipinski definition) is 3. The third kappa shape index (κ3) is 4.55. The van der Waals surface area contributed by atoms with Crippen molar-refractivity contribution in [1.29, 1.82) is 0 Å². The van der Waals surface area contributed by atoms with E-state index in [1.54, 1.807) is 66.3 Å². The van der Waals surface area contributed by atoms with Gasteiger partial charge in [0.25, 0.3) is 11.8 Å². The van der Waals surface area contributed by atoms with Crippen molar-refractivity contribution in [3.8, 4) is 11.3 Å². The average molecular weight is 421 g/mol. The minimum absolute atomic E-state index is 0.206. The van der Waals surface area contributed by atoms with Crippen molar-refractivity contribution in [1.82, 2.24) is 9.78 Å². The zero-order chi connectivity index (χ0) is 22.5. The number of aromatic nitrogens is 2. The first kappa shape index (κ1) is 20.6. The lowest BCUT2D eigenvalue weighted by Crippen LogP contribution is -2.14. The summed E-state index contributed by atoms with van der Waals surface area (Å²) in [5.41, 5.74) is 3.72. The summed E-state index contributed by atoms with van der Waals surface area (Å²) in [7, 11) is 1.76. The van der Waals surface area contributed by atoms with Crippen LogP contribution in [0.2, 0.25) is 0 Å². The average Bonchev–Trinajstić information content (AvgIpc) is 3.20. The Labute approximate surface area is 185 Å². The molecule has 0 spiro atoms. The number of carbonyl (C=O) groups is 2. The van der Waals surface area contributed by atoms with Crippen LogP contribution in [-0.4, -0.2) is 21.6 Å². The largest absolute Gasteiger partial charge is 0.322 e. The highest BCUT2D eigenvalue weighted by Crippen LogP contribution is 2.24. The summed E-state index contributed by atoms with van der Waals surface area (Å²) in [5, 5.41) is 10.2. The van der Waals surface area contributed by atoms with Gasteiger partial charge in [-0.05, 0) is 24.3 Å². The van der Waals surface area contributed by atoms with E-state index in [9.17, 15) is 9.59 Å². The number of hydrogen-bond donors (Lipinski definition) is 2. The second-order valence-corrected chi connectivity index (χ2v) is 7.05. The lowest BCUT2D eigenvalue weighted by atomic mass is 10.1. The van der Waals surface area contributed by atoms with Crippen molar-refractivity contribution in [3.63, 3.8) is 0 Å². The molecule has 3 aromatic carbocycles. The number of benzene rings is 3. The Bertz CT molecular complexity index is 1300. The fourth-order valence-corrected chi connectivity index (χ4v) is 3.12. The minimum atomic E-state index is -0.252. The Morgan fingerprint density at radius 1 is 0.844 bits per heavy atom. The molecule has 0 atom stereocenters. The summed E-state index contributed by atoms with van der Waals surface area (Å²) in [6, 6.07) is 24.5. The predicted octanol–water partition coefficient (Wildman–Crippen LogP) is 5.14. The molecular weight excluding hydrogens is 402 g/mol. The molecule has 0 bridgehead atoms. The van der Waals surface area contributed by atoms with Crippen LogP contribution in [0.1, 0.15) is 20.7 Å². The van der Waals surface area contributed by atoms with E-state index in [-0.39, 0.29) is 11.8 Å². The molecule has 0 saturated carbocycles. The van der Waals surface area contributed by atoms with E-state index >= 15 is 0 Å². The molecule has 156 valence electrons. The number of rotatable bonds is 5. The molecule has 7 heteroatoms. The van der Waals surface area contributed by atoms with E-state index in [4.69, 9.17) is 6.57 Å². The first-order valence-electron chi connectivity index (χ1n) is 9.83. The van der Waals surface area contributed by atoms with Crippen LogP contribution in [0.25, 0.3) is 16.1 Å². The number of aryl methyl sites for hydroxylation is 1. The zero-order valence-electron chi connectivity index (χ0n) is 17.2. The highest BCUT2D eigenvalue weighted by atomic mass is 16.2. The van der Waals surface area contributed by atoms with Crippen LogP contribution in [0.15, 0.2) is 84.9 Å². The van der Waals surface area contributed by atoms with Crippen molar-refractivity contribution in [2.75, 3.05) is 10.6 Å². The predicted molar refractivity (Wildman–Crippen MR) is 124 cm³/mol. The van der Waals surface area contributed by atoms with Gasteiger partial charge in [0.15, 0.2) is 5.69 Å². The molecule has 0 radical (unpaired) electrons. The van der Waals surface area contributed by atoms with Crippen molar-refractivity contribution in [3.05, 3.63) is 107 Å².